The molecule has 9 aromatic carbocycles. The van der Waals surface area contributed by atoms with Crippen molar-refractivity contribution < 1.29 is 28.5 Å². The summed E-state index contributed by atoms with van der Waals surface area (Å²) in [5.41, 5.74) is 13.1. The Morgan fingerprint density at radius 3 is 0.959 bits per heavy atom. The average Bonchev–Trinajstić information content (AvgIpc) is 3.42. The van der Waals surface area contributed by atoms with Gasteiger partial charge in [-0.3, -0.25) is 4.79 Å². The van der Waals surface area contributed by atoms with Gasteiger partial charge in [0.2, 0.25) is 0 Å². The Balaban J connectivity index is 0.775. The molecule has 73 heavy (non-hydrogen) atoms. The van der Waals surface area contributed by atoms with E-state index in [0.717, 1.165) is 76.7 Å². The second kappa shape index (κ2) is 22.9. The molecule has 9 rings (SSSR count). The number of carbonyl (C=O) groups excluding carboxylic acids is 2. The van der Waals surface area contributed by atoms with Crippen LogP contribution in [-0.2, 0) is 35.9 Å². The van der Waals surface area contributed by atoms with Gasteiger partial charge in [0.05, 0.1) is 7.11 Å². The first kappa shape index (κ1) is 49.1. The van der Waals surface area contributed by atoms with E-state index in [0.29, 0.717) is 17.2 Å². The van der Waals surface area contributed by atoms with Crippen LogP contribution in [0.1, 0.15) is 54.2 Å². The molecule has 0 aromatic heterocycles. The Morgan fingerprint density at radius 2 is 0.630 bits per heavy atom. The highest BCUT2D eigenvalue weighted by Gasteiger charge is 2.24. The van der Waals surface area contributed by atoms with Gasteiger partial charge in [-0.1, -0.05) is 123 Å². The number of rotatable bonds is 18. The van der Waals surface area contributed by atoms with E-state index < -0.39 is 6.16 Å². The van der Waals surface area contributed by atoms with Gasteiger partial charge < -0.3 is 28.7 Å². The van der Waals surface area contributed by atoms with Gasteiger partial charge in [-0.05, 0) is 180 Å². The van der Waals surface area contributed by atoms with Crippen molar-refractivity contribution in [3.8, 4) is 23.0 Å². The summed E-state index contributed by atoms with van der Waals surface area (Å²) in [6, 6.07) is 77.7. The zero-order valence-corrected chi connectivity index (χ0v) is 41.6. The van der Waals surface area contributed by atoms with Gasteiger partial charge in [-0.25, -0.2) is 4.79 Å². The van der Waals surface area contributed by atoms with Crippen LogP contribution in [0.25, 0.3) is 0 Å². The SMILES string of the molecule is COc1ccc(N(c2ccccc2)c2ccc(CCc3ccc(CCc4ccc(N(c5ccccc5)c5ccc(OC(=O)Oc6ccc(C(C)(C)c7ccc(OC(C)=O)cc7)cc6)cc5)cc4)cc3)cc2)cc1. The van der Waals surface area contributed by atoms with E-state index in [-0.39, 0.29) is 11.4 Å². The molecule has 0 aliphatic heterocycles. The van der Waals surface area contributed by atoms with Crippen molar-refractivity contribution in [1.82, 2.24) is 0 Å². The molecule has 0 heterocycles. The minimum absolute atomic E-state index is 0.356. The molecule has 0 N–H and O–H groups in total. The molecule has 0 fully saturated rings. The Hall–Kier alpha value is -8.88. The molecule has 0 aliphatic carbocycles. The predicted molar refractivity (Wildman–Crippen MR) is 293 cm³/mol. The van der Waals surface area contributed by atoms with Crippen LogP contribution in [0.15, 0.2) is 231 Å². The maximum atomic E-state index is 12.9. The molecule has 0 atom stereocenters. The lowest BCUT2D eigenvalue weighted by atomic mass is 9.78. The van der Waals surface area contributed by atoms with E-state index in [1.54, 1.807) is 43.5 Å². The smallest absolute Gasteiger partial charge is 0.497 e. The summed E-state index contributed by atoms with van der Waals surface area (Å²) in [5.74, 6) is 1.70. The summed E-state index contributed by atoms with van der Waals surface area (Å²) in [6.07, 6.45) is 2.97. The number of nitrogens with zero attached hydrogens (tertiary/aromatic N) is 2. The maximum absolute atomic E-state index is 12.9. The summed E-state index contributed by atoms with van der Waals surface area (Å²) in [7, 11) is 1.69. The van der Waals surface area contributed by atoms with E-state index in [9.17, 15) is 9.59 Å². The first-order valence-electron chi connectivity index (χ1n) is 24.6. The molecular formula is C65H58N2O6. The third-order valence-electron chi connectivity index (χ3n) is 13.1. The normalized spacial score (nSPS) is 11.1. The molecule has 0 aliphatic rings. The number of para-hydroxylation sites is 2. The van der Waals surface area contributed by atoms with Crippen molar-refractivity contribution in [2.75, 3.05) is 16.9 Å². The van der Waals surface area contributed by atoms with Crippen LogP contribution in [0.2, 0.25) is 0 Å². The Morgan fingerprint density at radius 1 is 0.356 bits per heavy atom. The maximum Gasteiger partial charge on any atom is 0.519 e. The molecule has 8 nitrogen and oxygen atoms in total. The van der Waals surface area contributed by atoms with E-state index in [1.807, 2.05) is 72.8 Å². The zero-order chi connectivity index (χ0) is 50.6. The number of esters is 1. The molecule has 0 spiro atoms. The van der Waals surface area contributed by atoms with Crippen molar-refractivity contribution in [3.05, 3.63) is 264 Å². The summed E-state index contributed by atoms with van der Waals surface area (Å²) in [4.78, 5) is 28.7. The lowest BCUT2D eigenvalue weighted by Crippen LogP contribution is -2.19. The number of carbonyl (C=O) groups is 2. The number of aryl methyl sites for hydroxylation is 4. The highest BCUT2D eigenvalue weighted by Crippen LogP contribution is 2.38. The third-order valence-corrected chi connectivity index (χ3v) is 13.1. The van der Waals surface area contributed by atoms with Crippen LogP contribution in [0.3, 0.4) is 0 Å². The number of anilines is 6. The standard InChI is InChI=1S/C65H58N2O6/c1-47(68)71-61-39-27-52(28-40-61)65(2,3)53-29-41-62(42-30-53)72-64(69)73-63-45-37-59(38-46-63)67(55-13-9-6-10-14-55)57-33-25-51(26-34-57)22-20-49-17-15-48(16-18-49)19-21-50-23-31-56(32-24-50)66(54-11-7-5-8-12-54)58-35-43-60(70-4)44-36-58/h5-18,23-46H,19-22H2,1-4H3. The fraction of sp³-hybridized carbons (Fsp3) is 0.138. The minimum Gasteiger partial charge on any atom is -0.497 e. The molecule has 0 saturated carbocycles. The molecular weight excluding hydrogens is 905 g/mol. The lowest BCUT2D eigenvalue weighted by Gasteiger charge is -2.26. The molecule has 0 saturated heterocycles. The monoisotopic (exact) mass is 962 g/mol. The van der Waals surface area contributed by atoms with Crippen LogP contribution in [0.5, 0.6) is 23.0 Å². The molecule has 0 unspecified atom stereocenters. The Kier molecular flexibility index (Phi) is 15.4. The summed E-state index contributed by atoms with van der Waals surface area (Å²) in [6.45, 7) is 5.58. The van der Waals surface area contributed by atoms with Crippen LogP contribution in [0.4, 0.5) is 38.9 Å². The van der Waals surface area contributed by atoms with E-state index in [4.69, 9.17) is 18.9 Å². The van der Waals surface area contributed by atoms with Gasteiger partial charge in [-0.2, -0.15) is 0 Å². The first-order chi connectivity index (χ1) is 35.6. The Labute approximate surface area is 428 Å². The fourth-order valence-electron chi connectivity index (χ4n) is 8.94. The van der Waals surface area contributed by atoms with Gasteiger partial charge in [-0.15, -0.1) is 0 Å². The number of methoxy groups -OCH3 is 1. The van der Waals surface area contributed by atoms with Crippen LogP contribution < -0.4 is 28.7 Å². The number of hydrogen-bond donors (Lipinski definition) is 0. The highest BCUT2D eigenvalue weighted by molar-refractivity contribution is 5.78. The fourth-order valence-corrected chi connectivity index (χ4v) is 8.94. The summed E-state index contributed by atoms with van der Waals surface area (Å²) in [5, 5.41) is 0. The van der Waals surface area contributed by atoms with Crippen LogP contribution in [0, 0.1) is 0 Å². The second-order valence-corrected chi connectivity index (χ2v) is 18.4. The van der Waals surface area contributed by atoms with Crippen LogP contribution in [-0.4, -0.2) is 19.2 Å². The van der Waals surface area contributed by atoms with Crippen molar-refractivity contribution in [2.45, 2.75) is 51.9 Å². The van der Waals surface area contributed by atoms with Gasteiger partial charge in [0.25, 0.3) is 0 Å². The largest absolute Gasteiger partial charge is 0.519 e. The van der Waals surface area contributed by atoms with Crippen molar-refractivity contribution in [3.63, 3.8) is 0 Å². The number of benzene rings is 9. The van der Waals surface area contributed by atoms with Gasteiger partial charge in [0.1, 0.15) is 23.0 Å². The average molecular weight is 963 g/mol. The summed E-state index contributed by atoms with van der Waals surface area (Å²) < 4.78 is 21.8. The highest BCUT2D eigenvalue weighted by atomic mass is 16.7. The first-order valence-corrected chi connectivity index (χ1v) is 24.6. The van der Waals surface area contributed by atoms with Crippen LogP contribution >= 0.6 is 0 Å². The van der Waals surface area contributed by atoms with Gasteiger partial charge >= 0.3 is 12.1 Å². The molecule has 0 radical (unpaired) electrons. The zero-order valence-electron chi connectivity index (χ0n) is 41.6. The molecule has 364 valence electrons. The predicted octanol–water partition coefficient (Wildman–Crippen LogP) is 16.0. The van der Waals surface area contributed by atoms with E-state index >= 15 is 0 Å². The lowest BCUT2D eigenvalue weighted by molar-refractivity contribution is -0.131. The second-order valence-electron chi connectivity index (χ2n) is 18.4. The van der Waals surface area contributed by atoms with E-state index in [2.05, 4.69) is 145 Å². The number of ether oxygens (including phenoxy) is 4. The number of hydrogen-bond acceptors (Lipinski definition) is 8. The topological polar surface area (TPSA) is 77.5 Å². The minimum atomic E-state index is -0.830. The van der Waals surface area contributed by atoms with Gasteiger partial charge in [0, 0.05) is 46.5 Å². The molecule has 9 aromatic rings. The van der Waals surface area contributed by atoms with Crippen molar-refractivity contribution in [1.29, 1.82) is 0 Å². The Bertz CT molecular complexity index is 3200. The molecule has 8 heteroatoms. The van der Waals surface area contributed by atoms with Crippen molar-refractivity contribution >= 4 is 46.2 Å². The van der Waals surface area contributed by atoms with Crippen molar-refractivity contribution in [2.24, 2.45) is 0 Å². The van der Waals surface area contributed by atoms with E-state index in [1.165, 1.54) is 29.2 Å². The third kappa shape index (κ3) is 12.5. The summed E-state index contributed by atoms with van der Waals surface area (Å²) >= 11 is 0. The van der Waals surface area contributed by atoms with Gasteiger partial charge in [0.15, 0.2) is 0 Å². The molecule has 0 amide bonds. The molecule has 0 bridgehead atoms. The quantitative estimate of drug-likeness (QED) is 0.0478.